The van der Waals surface area contributed by atoms with Crippen molar-refractivity contribution in [2.75, 3.05) is 5.32 Å². The molecule has 0 saturated heterocycles. The maximum absolute atomic E-state index is 11.5. The van der Waals surface area contributed by atoms with E-state index in [9.17, 15) is 4.79 Å². The second-order valence-corrected chi connectivity index (χ2v) is 5.64. The van der Waals surface area contributed by atoms with Crippen LogP contribution in [0.5, 0.6) is 5.75 Å². The third-order valence-corrected chi connectivity index (χ3v) is 2.88. The van der Waals surface area contributed by atoms with Crippen LogP contribution < -0.4 is 10.1 Å². The molecule has 4 heteroatoms. The number of hydrogen-bond acceptors (Lipinski definition) is 3. The summed E-state index contributed by atoms with van der Waals surface area (Å²) in [6.45, 7) is 5.74. The van der Waals surface area contributed by atoms with Gasteiger partial charge in [-0.05, 0) is 38.5 Å². The van der Waals surface area contributed by atoms with Crippen LogP contribution in [0.4, 0.5) is 5.69 Å². The Labute approximate surface area is 101 Å². The monoisotopic (exact) mass is 237 g/mol. The number of nitrogens with one attached hydrogen (secondary N) is 1. The quantitative estimate of drug-likeness (QED) is 0.737. The van der Waals surface area contributed by atoms with Gasteiger partial charge in [0.25, 0.3) is 5.91 Å². The summed E-state index contributed by atoms with van der Waals surface area (Å²) in [6, 6.07) is 5.75. The fourth-order valence-electron chi connectivity index (χ4n) is 1.59. The molecule has 2 rings (SSSR count). The first-order valence-corrected chi connectivity index (χ1v) is 5.67. The number of benzene rings is 1. The maximum atomic E-state index is 11.5. The number of carbonyl (C=O) groups is 1. The van der Waals surface area contributed by atoms with Crippen molar-refractivity contribution in [3.05, 3.63) is 23.8 Å². The van der Waals surface area contributed by atoms with Crippen molar-refractivity contribution in [3.8, 4) is 5.75 Å². The molecule has 3 nitrogen and oxygen atoms in total. The summed E-state index contributed by atoms with van der Waals surface area (Å²) in [7, 11) is 0. The van der Waals surface area contributed by atoms with Gasteiger partial charge in [-0.1, -0.05) is 6.07 Å². The Bertz CT molecular complexity index is 437. The van der Waals surface area contributed by atoms with Gasteiger partial charge in [-0.3, -0.25) is 4.79 Å². The van der Waals surface area contributed by atoms with Crippen molar-refractivity contribution in [3.63, 3.8) is 0 Å². The third kappa shape index (κ3) is 2.02. The molecule has 1 heterocycles. The van der Waals surface area contributed by atoms with Crippen LogP contribution in [0.15, 0.2) is 18.2 Å². The summed E-state index contributed by atoms with van der Waals surface area (Å²) >= 11 is 4.50. The lowest BCUT2D eigenvalue weighted by Crippen LogP contribution is -2.34. The number of thiol groups is 1. The lowest BCUT2D eigenvalue weighted by molar-refractivity contribution is -0.122. The zero-order chi connectivity index (χ0) is 11.9. The summed E-state index contributed by atoms with van der Waals surface area (Å²) in [5.41, 5.74) is 1.77. The number of fused-ring (bicyclic) bond motifs is 1. The molecular weight excluding hydrogens is 222 g/mol. The van der Waals surface area contributed by atoms with Gasteiger partial charge < -0.3 is 10.1 Å². The Hall–Kier alpha value is -1.16. The van der Waals surface area contributed by atoms with E-state index in [1.807, 2.05) is 32.0 Å². The van der Waals surface area contributed by atoms with Crippen molar-refractivity contribution in [2.45, 2.75) is 31.6 Å². The van der Waals surface area contributed by atoms with Crippen LogP contribution in [0.2, 0.25) is 0 Å². The van der Waals surface area contributed by atoms with Gasteiger partial charge in [0.15, 0.2) is 6.10 Å². The van der Waals surface area contributed by atoms with Crippen molar-refractivity contribution >= 4 is 24.2 Å². The van der Waals surface area contributed by atoms with Gasteiger partial charge >= 0.3 is 0 Å². The molecule has 1 aliphatic rings. The lowest BCUT2D eigenvalue weighted by atomic mass is 10.0. The van der Waals surface area contributed by atoms with E-state index in [4.69, 9.17) is 4.74 Å². The van der Waals surface area contributed by atoms with E-state index in [2.05, 4.69) is 17.9 Å². The molecule has 1 N–H and O–H groups in total. The minimum atomic E-state index is -0.428. The van der Waals surface area contributed by atoms with Gasteiger partial charge in [0, 0.05) is 4.75 Å². The normalized spacial score (nSPS) is 19.8. The number of hydrogen-bond donors (Lipinski definition) is 2. The maximum Gasteiger partial charge on any atom is 0.265 e. The molecular formula is C12H15NO2S. The molecule has 0 fully saturated rings. The van der Waals surface area contributed by atoms with Crippen LogP contribution in [0.3, 0.4) is 0 Å². The second-order valence-electron chi connectivity index (χ2n) is 4.52. The Balaban J connectivity index is 2.40. The minimum absolute atomic E-state index is 0.110. The molecule has 0 aliphatic carbocycles. The number of anilines is 1. The molecule has 0 bridgehead atoms. The number of ether oxygens (including phenoxy) is 1. The van der Waals surface area contributed by atoms with E-state index in [0.29, 0.717) is 5.75 Å². The second kappa shape index (κ2) is 3.70. The van der Waals surface area contributed by atoms with Crippen LogP contribution >= 0.6 is 12.6 Å². The highest BCUT2D eigenvalue weighted by Gasteiger charge is 2.25. The SMILES string of the molecule is CC1Oc2ccc(C(C)(C)S)cc2NC1=O. The van der Waals surface area contributed by atoms with Crippen LogP contribution in [-0.4, -0.2) is 12.0 Å². The average molecular weight is 237 g/mol. The molecule has 86 valence electrons. The molecule has 0 saturated carbocycles. The van der Waals surface area contributed by atoms with E-state index in [0.717, 1.165) is 11.3 Å². The zero-order valence-corrected chi connectivity index (χ0v) is 10.5. The molecule has 0 aromatic heterocycles. The highest BCUT2D eigenvalue weighted by Crippen LogP contribution is 2.35. The van der Waals surface area contributed by atoms with Crippen LogP contribution in [0.25, 0.3) is 0 Å². The topological polar surface area (TPSA) is 38.3 Å². The highest BCUT2D eigenvalue weighted by atomic mass is 32.1. The smallest absolute Gasteiger partial charge is 0.265 e. The Morgan fingerprint density at radius 1 is 1.44 bits per heavy atom. The molecule has 1 atom stereocenters. The summed E-state index contributed by atoms with van der Waals surface area (Å²) in [6.07, 6.45) is -0.428. The largest absolute Gasteiger partial charge is 0.479 e. The molecule has 1 aliphatic heterocycles. The van der Waals surface area contributed by atoms with E-state index >= 15 is 0 Å². The summed E-state index contributed by atoms with van der Waals surface area (Å²) in [4.78, 5) is 11.5. The molecule has 1 aromatic rings. The highest BCUT2D eigenvalue weighted by molar-refractivity contribution is 7.81. The summed E-state index contributed by atoms with van der Waals surface area (Å²) in [5, 5.41) is 2.82. The van der Waals surface area contributed by atoms with E-state index < -0.39 is 6.10 Å². The minimum Gasteiger partial charge on any atom is -0.479 e. The van der Waals surface area contributed by atoms with Crippen LogP contribution in [-0.2, 0) is 9.54 Å². The van der Waals surface area contributed by atoms with E-state index in [-0.39, 0.29) is 10.7 Å². The molecule has 1 amide bonds. The van der Waals surface area contributed by atoms with E-state index in [1.165, 1.54) is 0 Å². The van der Waals surface area contributed by atoms with Gasteiger partial charge in [0.2, 0.25) is 0 Å². The molecule has 1 aromatic carbocycles. The fraction of sp³-hybridized carbons (Fsp3) is 0.417. The van der Waals surface area contributed by atoms with Crippen molar-refractivity contribution in [1.29, 1.82) is 0 Å². The van der Waals surface area contributed by atoms with E-state index in [1.54, 1.807) is 6.92 Å². The summed E-state index contributed by atoms with van der Waals surface area (Å²) < 4.78 is 5.24. The summed E-state index contributed by atoms with van der Waals surface area (Å²) in [5.74, 6) is 0.607. The standard InChI is InChI=1S/C12H15NO2S/c1-7-11(14)13-9-6-8(12(2,3)16)4-5-10(9)15-7/h4-7,16H,1-3H3,(H,13,14). The fourth-order valence-corrected chi connectivity index (χ4v) is 1.73. The first-order chi connectivity index (χ1) is 7.38. The van der Waals surface area contributed by atoms with Gasteiger partial charge in [0.1, 0.15) is 5.75 Å². The lowest BCUT2D eigenvalue weighted by Gasteiger charge is -2.26. The first-order valence-electron chi connectivity index (χ1n) is 5.22. The number of rotatable bonds is 1. The van der Waals surface area contributed by atoms with Crippen molar-refractivity contribution < 1.29 is 9.53 Å². The van der Waals surface area contributed by atoms with Crippen molar-refractivity contribution in [2.24, 2.45) is 0 Å². The van der Waals surface area contributed by atoms with Gasteiger partial charge in [-0.15, -0.1) is 0 Å². The molecule has 1 unspecified atom stereocenters. The third-order valence-electron chi connectivity index (χ3n) is 2.62. The zero-order valence-electron chi connectivity index (χ0n) is 9.57. The predicted octanol–water partition coefficient (Wildman–Crippen LogP) is 2.57. The number of carbonyl (C=O) groups excluding carboxylic acids is 1. The Morgan fingerprint density at radius 2 is 2.12 bits per heavy atom. The predicted molar refractivity (Wildman–Crippen MR) is 67.2 cm³/mol. The average Bonchev–Trinajstić information content (AvgIpc) is 2.17. The van der Waals surface area contributed by atoms with Gasteiger partial charge in [-0.25, -0.2) is 0 Å². The van der Waals surface area contributed by atoms with Gasteiger partial charge in [0.05, 0.1) is 5.69 Å². The van der Waals surface area contributed by atoms with Crippen molar-refractivity contribution in [1.82, 2.24) is 0 Å². The molecule has 0 spiro atoms. The Kier molecular flexibility index (Phi) is 2.62. The van der Waals surface area contributed by atoms with Crippen LogP contribution in [0.1, 0.15) is 26.3 Å². The van der Waals surface area contributed by atoms with Gasteiger partial charge in [-0.2, -0.15) is 12.6 Å². The molecule has 0 radical (unpaired) electrons. The number of amides is 1. The van der Waals surface area contributed by atoms with Crippen LogP contribution in [0, 0.1) is 0 Å². The Morgan fingerprint density at radius 3 is 2.75 bits per heavy atom. The first kappa shape index (κ1) is 11.3. The molecule has 16 heavy (non-hydrogen) atoms.